The van der Waals surface area contributed by atoms with E-state index in [-0.39, 0.29) is 21.3 Å². The number of benzene rings is 2. The highest BCUT2D eigenvalue weighted by Gasteiger charge is 2.22. The second kappa shape index (κ2) is 6.13. The summed E-state index contributed by atoms with van der Waals surface area (Å²) in [5, 5.41) is 10.7. The summed E-state index contributed by atoms with van der Waals surface area (Å²) < 4.78 is 40.3. The largest absolute Gasteiger partial charge is 0.280 e. The number of aryl methyl sites for hydroxylation is 1. The summed E-state index contributed by atoms with van der Waals surface area (Å²) in [6.07, 6.45) is 0. The second-order valence-corrected chi connectivity index (χ2v) is 6.94. The maximum atomic E-state index is 13.1. The Morgan fingerprint density at radius 3 is 2.43 bits per heavy atom. The van der Waals surface area contributed by atoms with Crippen LogP contribution in [0, 0.1) is 29.8 Å². The topological polar surface area (TPSA) is 89.3 Å². The molecule has 23 heavy (non-hydrogen) atoms. The van der Waals surface area contributed by atoms with Crippen LogP contribution in [0.3, 0.4) is 0 Å². The first-order chi connectivity index (χ1) is 10.6. The molecule has 9 heteroatoms. The Kier molecular flexibility index (Phi) is 4.58. The van der Waals surface area contributed by atoms with Gasteiger partial charge >= 0.3 is 0 Å². The normalized spacial score (nSPS) is 11.3. The fraction of sp³-hybridized carbons (Fsp3) is 0.143. The number of hydrogen-bond acceptors (Lipinski definition) is 4. The average Bonchev–Trinajstić information content (AvgIpc) is 2.45. The third kappa shape index (κ3) is 3.59. The quantitative estimate of drug-likeness (QED) is 0.664. The van der Waals surface area contributed by atoms with E-state index in [0.717, 1.165) is 18.2 Å². The number of nitrogens with one attached hydrogen (secondary N) is 1. The zero-order valence-electron chi connectivity index (χ0n) is 12.1. The van der Waals surface area contributed by atoms with Crippen LogP contribution < -0.4 is 4.72 Å². The van der Waals surface area contributed by atoms with Crippen molar-refractivity contribution in [2.75, 3.05) is 4.72 Å². The molecule has 0 spiro atoms. The Hall–Kier alpha value is -2.19. The van der Waals surface area contributed by atoms with Crippen molar-refractivity contribution in [1.29, 1.82) is 0 Å². The number of nitro groups is 1. The van der Waals surface area contributed by atoms with Gasteiger partial charge in [-0.05, 0) is 43.2 Å². The molecule has 122 valence electrons. The highest BCUT2D eigenvalue weighted by molar-refractivity contribution is 7.92. The van der Waals surface area contributed by atoms with E-state index in [1.807, 2.05) is 0 Å². The lowest BCUT2D eigenvalue weighted by atomic mass is 10.1. The van der Waals surface area contributed by atoms with Gasteiger partial charge in [-0.2, -0.15) is 0 Å². The van der Waals surface area contributed by atoms with Crippen LogP contribution in [-0.4, -0.2) is 13.3 Å². The second-order valence-electron chi connectivity index (χ2n) is 4.88. The number of nitro benzene ring substituents is 1. The van der Waals surface area contributed by atoms with Gasteiger partial charge in [0.25, 0.3) is 15.7 Å². The molecule has 0 saturated heterocycles. The van der Waals surface area contributed by atoms with Crippen LogP contribution in [0.25, 0.3) is 0 Å². The van der Waals surface area contributed by atoms with Crippen LogP contribution in [0.2, 0.25) is 5.02 Å². The van der Waals surface area contributed by atoms with Crippen LogP contribution in [0.15, 0.2) is 35.2 Å². The first kappa shape index (κ1) is 17.2. The Bertz CT molecular complexity index is 900. The molecule has 0 aromatic heterocycles. The molecule has 0 aliphatic carbocycles. The highest BCUT2D eigenvalue weighted by Crippen LogP contribution is 2.28. The molecule has 0 radical (unpaired) electrons. The molecule has 0 aliphatic heterocycles. The van der Waals surface area contributed by atoms with Crippen LogP contribution in [0.1, 0.15) is 11.1 Å². The number of rotatable bonds is 4. The maximum absolute atomic E-state index is 13.1. The van der Waals surface area contributed by atoms with Gasteiger partial charge in [-0.1, -0.05) is 11.6 Å². The lowest BCUT2D eigenvalue weighted by Gasteiger charge is -2.12. The number of halogens is 2. The molecule has 2 aromatic rings. The van der Waals surface area contributed by atoms with E-state index in [1.165, 1.54) is 12.1 Å². The van der Waals surface area contributed by atoms with E-state index in [0.29, 0.717) is 11.1 Å². The minimum absolute atomic E-state index is 0.0555. The first-order valence-corrected chi connectivity index (χ1v) is 8.21. The molecular weight excluding hydrogens is 347 g/mol. The molecule has 1 N–H and O–H groups in total. The molecule has 0 bridgehead atoms. The van der Waals surface area contributed by atoms with E-state index in [2.05, 4.69) is 4.72 Å². The SMILES string of the molecule is Cc1cc([N+](=O)[O-])cc(S(=O)(=O)Nc2ccc(F)c(Cl)c2)c1C. The van der Waals surface area contributed by atoms with Gasteiger partial charge < -0.3 is 0 Å². The van der Waals surface area contributed by atoms with Crippen molar-refractivity contribution in [1.82, 2.24) is 0 Å². The van der Waals surface area contributed by atoms with Crippen molar-refractivity contribution in [3.05, 3.63) is 62.4 Å². The molecule has 0 unspecified atom stereocenters. The summed E-state index contributed by atoms with van der Waals surface area (Å²) in [6, 6.07) is 5.62. The smallest absolute Gasteiger partial charge is 0.271 e. The summed E-state index contributed by atoms with van der Waals surface area (Å²) in [6.45, 7) is 3.13. The van der Waals surface area contributed by atoms with Crippen molar-refractivity contribution in [3.63, 3.8) is 0 Å². The minimum Gasteiger partial charge on any atom is -0.280 e. The molecule has 6 nitrogen and oxygen atoms in total. The summed E-state index contributed by atoms with van der Waals surface area (Å²) >= 11 is 5.61. The highest BCUT2D eigenvalue weighted by atomic mass is 35.5. The predicted octanol–water partition coefficient (Wildman–Crippen LogP) is 3.80. The number of anilines is 1. The van der Waals surface area contributed by atoms with E-state index in [4.69, 9.17) is 11.6 Å². The van der Waals surface area contributed by atoms with Crippen LogP contribution in [0.4, 0.5) is 15.8 Å². The van der Waals surface area contributed by atoms with Gasteiger partial charge in [0.2, 0.25) is 0 Å². The molecule has 2 rings (SSSR count). The Labute approximate surface area is 137 Å². The standard InChI is InChI=1S/C14H12ClFN2O4S/c1-8-5-11(18(19)20)7-14(9(8)2)23(21,22)17-10-3-4-13(16)12(15)6-10/h3-7,17H,1-2H3. The predicted molar refractivity (Wildman–Crippen MR) is 84.8 cm³/mol. The number of sulfonamides is 1. The Morgan fingerprint density at radius 2 is 1.87 bits per heavy atom. The summed E-state index contributed by atoms with van der Waals surface area (Å²) in [4.78, 5) is 10.0. The van der Waals surface area contributed by atoms with Crippen LogP contribution in [0.5, 0.6) is 0 Å². The van der Waals surface area contributed by atoms with Gasteiger partial charge in [-0.15, -0.1) is 0 Å². The molecular formula is C14H12ClFN2O4S. The van der Waals surface area contributed by atoms with E-state index in [1.54, 1.807) is 13.8 Å². The van der Waals surface area contributed by atoms with Crippen molar-refractivity contribution < 1.29 is 17.7 Å². The Morgan fingerprint density at radius 1 is 1.22 bits per heavy atom. The number of nitrogens with zero attached hydrogens (tertiary/aromatic N) is 1. The molecule has 0 aliphatic rings. The van der Waals surface area contributed by atoms with Crippen LogP contribution >= 0.6 is 11.6 Å². The monoisotopic (exact) mass is 358 g/mol. The molecule has 0 fully saturated rings. The lowest BCUT2D eigenvalue weighted by molar-refractivity contribution is -0.385. The summed E-state index contributed by atoms with van der Waals surface area (Å²) in [5.41, 5.74) is 0.582. The number of non-ortho nitro benzene ring substituents is 1. The fourth-order valence-corrected chi connectivity index (χ4v) is 3.53. The van der Waals surface area contributed by atoms with Crippen molar-refractivity contribution >= 4 is 33.0 Å². The van der Waals surface area contributed by atoms with Gasteiger partial charge in [-0.25, -0.2) is 12.8 Å². The Balaban J connectivity index is 2.51. The zero-order valence-corrected chi connectivity index (χ0v) is 13.7. The molecule has 0 heterocycles. The molecule has 0 atom stereocenters. The van der Waals surface area contributed by atoms with Gasteiger partial charge in [0.05, 0.1) is 20.5 Å². The molecule has 0 saturated carbocycles. The average molecular weight is 359 g/mol. The molecule has 0 amide bonds. The van der Waals surface area contributed by atoms with Crippen molar-refractivity contribution in [2.24, 2.45) is 0 Å². The fourth-order valence-electron chi connectivity index (χ4n) is 1.96. The zero-order chi connectivity index (χ0) is 17.4. The third-order valence-corrected chi connectivity index (χ3v) is 5.07. The van der Waals surface area contributed by atoms with Gasteiger partial charge in [-0.3, -0.25) is 14.8 Å². The van der Waals surface area contributed by atoms with E-state index < -0.39 is 20.8 Å². The summed E-state index contributed by atoms with van der Waals surface area (Å²) in [5.74, 6) is -0.683. The number of hydrogen-bond donors (Lipinski definition) is 1. The van der Waals surface area contributed by atoms with Gasteiger partial charge in [0.15, 0.2) is 0 Å². The van der Waals surface area contributed by atoms with E-state index >= 15 is 0 Å². The first-order valence-electron chi connectivity index (χ1n) is 6.35. The van der Waals surface area contributed by atoms with Crippen molar-refractivity contribution in [3.8, 4) is 0 Å². The van der Waals surface area contributed by atoms with E-state index in [9.17, 15) is 22.9 Å². The van der Waals surface area contributed by atoms with Crippen LogP contribution in [-0.2, 0) is 10.0 Å². The minimum atomic E-state index is -4.09. The molecule has 2 aromatic carbocycles. The lowest BCUT2D eigenvalue weighted by Crippen LogP contribution is -2.15. The summed E-state index contributed by atoms with van der Waals surface area (Å²) in [7, 11) is -4.09. The van der Waals surface area contributed by atoms with Gasteiger partial charge in [0, 0.05) is 12.1 Å². The maximum Gasteiger partial charge on any atom is 0.271 e. The third-order valence-electron chi connectivity index (χ3n) is 3.28. The van der Waals surface area contributed by atoms with Gasteiger partial charge in [0.1, 0.15) is 5.82 Å². The van der Waals surface area contributed by atoms with Crippen molar-refractivity contribution in [2.45, 2.75) is 18.7 Å².